The lowest BCUT2D eigenvalue weighted by Crippen LogP contribution is -1.96. The van der Waals surface area contributed by atoms with Gasteiger partial charge in [0.25, 0.3) is 0 Å². The summed E-state index contributed by atoms with van der Waals surface area (Å²) in [6, 6.07) is 8.72. The highest BCUT2D eigenvalue weighted by Crippen LogP contribution is 2.10. The van der Waals surface area contributed by atoms with E-state index in [2.05, 4.69) is 31.2 Å². The number of unbranched alkanes of at least 4 members (excludes halogenated alkanes) is 5. The van der Waals surface area contributed by atoms with E-state index in [1.807, 2.05) is 0 Å². The molecule has 0 saturated carbocycles. The molecule has 1 nitrogen and oxygen atoms in total. The van der Waals surface area contributed by atoms with Crippen molar-refractivity contribution < 1.29 is 0 Å². The van der Waals surface area contributed by atoms with E-state index in [9.17, 15) is 0 Å². The van der Waals surface area contributed by atoms with E-state index in [1.54, 1.807) is 0 Å². The summed E-state index contributed by atoms with van der Waals surface area (Å²) in [6.07, 6.45) is 9.45. The van der Waals surface area contributed by atoms with Crippen molar-refractivity contribution in [3.8, 4) is 0 Å². The maximum atomic E-state index is 5.57. The van der Waals surface area contributed by atoms with Gasteiger partial charge in [-0.25, -0.2) is 0 Å². The van der Waals surface area contributed by atoms with E-state index in [0.29, 0.717) is 6.54 Å². The van der Waals surface area contributed by atoms with Crippen LogP contribution in [0.2, 0.25) is 0 Å². The number of benzene rings is 1. The topological polar surface area (TPSA) is 26.0 Å². The fourth-order valence-electron chi connectivity index (χ4n) is 1.95. The summed E-state index contributed by atoms with van der Waals surface area (Å²) in [4.78, 5) is 0. The minimum atomic E-state index is 0.650. The van der Waals surface area contributed by atoms with Crippen LogP contribution in [0.25, 0.3) is 0 Å². The molecule has 0 amide bonds. The van der Waals surface area contributed by atoms with Crippen LogP contribution in [0.15, 0.2) is 24.3 Å². The van der Waals surface area contributed by atoms with Gasteiger partial charge in [0.2, 0.25) is 0 Å². The first kappa shape index (κ1) is 13.2. The van der Waals surface area contributed by atoms with Gasteiger partial charge >= 0.3 is 0 Å². The maximum absolute atomic E-state index is 5.57. The van der Waals surface area contributed by atoms with Gasteiger partial charge in [0.05, 0.1) is 0 Å². The molecule has 0 aliphatic carbocycles. The van der Waals surface area contributed by atoms with E-state index in [0.717, 1.165) is 0 Å². The molecule has 1 aromatic rings. The lowest BCUT2D eigenvalue weighted by molar-refractivity contribution is 0.607. The molecule has 1 rings (SSSR count). The van der Waals surface area contributed by atoms with Crippen molar-refractivity contribution in [2.45, 2.75) is 58.4 Å². The molecule has 0 aliphatic heterocycles. The van der Waals surface area contributed by atoms with Gasteiger partial charge in [-0.3, -0.25) is 0 Å². The molecule has 0 spiro atoms. The highest BCUT2D eigenvalue weighted by molar-refractivity contribution is 5.22. The van der Waals surface area contributed by atoms with Crippen molar-refractivity contribution in [3.63, 3.8) is 0 Å². The predicted octanol–water partition coefficient (Wildman–Crippen LogP) is 4.05. The fourth-order valence-corrected chi connectivity index (χ4v) is 1.95. The van der Waals surface area contributed by atoms with Crippen LogP contribution in [0.4, 0.5) is 0 Å². The quantitative estimate of drug-likeness (QED) is 0.656. The monoisotopic (exact) mass is 219 g/mol. The second-order valence-corrected chi connectivity index (χ2v) is 4.54. The average Bonchev–Trinajstić information content (AvgIpc) is 2.34. The molecule has 16 heavy (non-hydrogen) atoms. The lowest BCUT2D eigenvalue weighted by atomic mass is 10.0. The van der Waals surface area contributed by atoms with Gasteiger partial charge in [-0.05, 0) is 24.0 Å². The first-order chi connectivity index (χ1) is 7.86. The Labute approximate surface area is 100 Å². The van der Waals surface area contributed by atoms with E-state index >= 15 is 0 Å². The number of aryl methyl sites for hydroxylation is 1. The van der Waals surface area contributed by atoms with Crippen LogP contribution >= 0.6 is 0 Å². The maximum Gasteiger partial charge on any atom is 0.0178 e. The molecule has 90 valence electrons. The fraction of sp³-hybridized carbons (Fsp3) is 0.600. The van der Waals surface area contributed by atoms with Crippen LogP contribution in [0.5, 0.6) is 0 Å². The average molecular weight is 219 g/mol. The van der Waals surface area contributed by atoms with Crippen molar-refractivity contribution in [2.75, 3.05) is 0 Å². The summed E-state index contributed by atoms with van der Waals surface area (Å²) < 4.78 is 0. The van der Waals surface area contributed by atoms with Crippen molar-refractivity contribution in [1.82, 2.24) is 0 Å². The van der Waals surface area contributed by atoms with E-state index in [4.69, 9.17) is 5.73 Å². The van der Waals surface area contributed by atoms with Crippen LogP contribution in [0.1, 0.15) is 56.6 Å². The molecule has 0 bridgehead atoms. The molecule has 0 aliphatic rings. The molecule has 0 heterocycles. The third kappa shape index (κ3) is 5.32. The van der Waals surface area contributed by atoms with Gasteiger partial charge in [0.15, 0.2) is 0 Å². The molecule has 2 N–H and O–H groups in total. The Morgan fingerprint density at radius 2 is 1.38 bits per heavy atom. The summed E-state index contributed by atoms with van der Waals surface area (Å²) in [7, 11) is 0. The molecule has 1 heteroatoms. The van der Waals surface area contributed by atoms with Crippen LogP contribution in [0.3, 0.4) is 0 Å². The molecular weight excluding hydrogens is 194 g/mol. The highest BCUT2D eigenvalue weighted by atomic mass is 14.5. The summed E-state index contributed by atoms with van der Waals surface area (Å²) >= 11 is 0. The summed E-state index contributed by atoms with van der Waals surface area (Å²) in [5.74, 6) is 0. The first-order valence-electron chi connectivity index (χ1n) is 6.64. The Morgan fingerprint density at radius 3 is 2.00 bits per heavy atom. The molecule has 0 saturated heterocycles. The zero-order chi connectivity index (χ0) is 11.6. The summed E-state index contributed by atoms with van der Waals surface area (Å²) in [6.45, 7) is 2.91. The molecule has 1 aromatic carbocycles. The van der Waals surface area contributed by atoms with Gasteiger partial charge < -0.3 is 5.73 Å². The zero-order valence-electron chi connectivity index (χ0n) is 10.5. The standard InChI is InChI=1S/C15H25N/c1-2-3-4-5-6-7-8-14-9-11-15(13-16)12-10-14/h9-12H,2-8,13,16H2,1H3. The smallest absolute Gasteiger partial charge is 0.0178 e. The number of nitrogens with two attached hydrogens (primary N) is 1. The zero-order valence-corrected chi connectivity index (χ0v) is 10.5. The van der Waals surface area contributed by atoms with Crippen LogP contribution < -0.4 is 5.73 Å². The number of rotatable bonds is 8. The molecular formula is C15H25N. The number of hydrogen-bond donors (Lipinski definition) is 1. The van der Waals surface area contributed by atoms with Gasteiger partial charge in [-0.1, -0.05) is 63.3 Å². The third-order valence-corrected chi connectivity index (χ3v) is 3.08. The number of hydrogen-bond acceptors (Lipinski definition) is 1. The highest BCUT2D eigenvalue weighted by Gasteiger charge is 1.94. The van der Waals surface area contributed by atoms with Gasteiger partial charge in [-0.15, -0.1) is 0 Å². The van der Waals surface area contributed by atoms with Crippen LogP contribution in [-0.4, -0.2) is 0 Å². The van der Waals surface area contributed by atoms with Crippen LogP contribution in [0, 0.1) is 0 Å². The Balaban J connectivity index is 2.12. The Morgan fingerprint density at radius 1 is 0.812 bits per heavy atom. The molecule has 0 radical (unpaired) electrons. The van der Waals surface area contributed by atoms with Gasteiger partial charge in [0, 0.05) is 6.54 Å². The molecule has 0 unspecified atom stereocenters. The van der Waals surface area contributed by atoms with E-state index in [1.165, 1.54) is 56.1 Å². The minimum absolute atomic E-state index is 0.650. The Kier molecular flexibility index (Phi) is 6.91. The summed E-state index contributed by atoms with van der Waals surface area (Å²) in [5, 5.41) is 0. The van der Waals surface area contributed by atoms with Gasteiger partial charge in [0.1, 0.15) is 0 Å². The van der Waals surface area contributed by atoms with Crippen LogP contribution in [-0.2, 0) is 13.0 Å². The second kappa shape index (κ2) is 8.35. The minimum Gasteiger partial charge on any atom is -0.326 e. The van der Waals surface area contributed by atoms with Crippen molar-refractivity contribution >= 4 is 0 Å². The van der Waals surface area contributed by atoms with Crippen molar-refractivity contribution in [3.05, 3.63) is 35.4 Å². The third-order valence-electron chi connectivity index (χ3n) is 3.08. The molecule has 0 fully saturated rings. The van der Waals surface area contributed by atoms with Gasteiger partial charge in [-0.2, -0.15) is 0 Å². The predicted molar refractivity (Wildman–Crippen MR) is 71.4 cm³/mol. The first-order valence-corrected chi connectivity index (χ1v) is 6.64. The van der Waals surface area contributed by atoms with E-state index in [-0.39, 0.29) is 0 Å². The molecule has 0 atom stereocenters. The Bertz CT molecular complexity index is 263. The SMILES string of the molecule is CCCCCCCCc1ccc(CN)cc1. The van der Waals surface area contributed by atoms with Crippen molar-refractivity contribution in [1.29, 1.82) is 0 Å². The van der Waals surface area contributed by atoms with E-state index < -0.39 is 0 Å². The Hall–Kier alpha value is -0.820. The largest absolute Gasteiger partial charge is 0.326 e. The second-order valence-electron chi connectivity index (χ2n) is 4.54. The van der Waals surface area contributed by atoms with Crippen molar-refractivity contribution in [2.24, 2.45) is 5.73 Å². The normalized spacial score (nSPS) is 10.6. The molecule has 0 aromatic heterocycles. The lowest BCUT2D eigenvalue weighted by Gasteiger charge is -2.03. The summed E-state index contributed by atoms with van der Waals surface area (Å²) in [5.41, 5.74) is 8.25.